The molecule has 1 unspecified atom stereocenters. The molecule has 4 nitrogen and oxygen atoms in total. The molecule has 0 aliphatic heterocycles. The lowest BCUT2D eigenvalue weighted by atomic mass is 10.2. The van der Waals surface area contributed by atoms with Crippen molar-refractivity contribution in [3.8, 4) is 0 Å². The van der Waals surface area contributed by atoms with Crippen molar-refractivity contribution in [1.29, 1.82) is 0 Å². The number of aliphatic hydroxyl groups is 1. The molecule has 6 heteroatoms. The first-order chi connectivity index (χ1) is 7.72. The minimum absolute atomic E-state index is 0.218. The van der Waals surface area contributed by atoms with Crippen molar-refractivity contribution < 1.29 is 5.11 Å². The summed E-state index contributed by atoms with van der Waals surface area (Å²) >= 11 is 8.97. The molecule has 86 valence electrons. The Morgan fingerprint density at radius 1 is 1.56 bits per heavy atom. The molecule has 0 bridgehead atoms. The Morgan fingerprint density at radius 2 is 2.38 bits per heavy atom. The summed E-state index contributed by atoms with van der Waals surface area (Å²) in [5.74, 6) is 0.218. The third-order valence-corrected chi connectivity index (χ3v) is 3.32. The van der Waals surface area contributed by atoms with Crippen molar-refractivity contribution in [2.24, 2.45) is 0 Å². The summed E-state index contributed by atoms with van der Waals surface area (Å²) in [6.45, 7) is 0.416. The fourth-order valence-electron chi connectivity index (χ4n) is 1.43. The number of aromatic nitrogens is 2. The summed E-state index contributed by atoms with van der Waals surface area (Å²) in [5, 5.41) is 20.4. The smallest absolute Gasteiger partial charge is 0.0893 e. The van der Waals surface area contributed by atoms with Crippen molar-refractivity contribution in [1.82, 2.24) is 10.2 Å². The highest BCUT2D eigenvalue weighted by atomic mass is 79.9. The van der Waals surface area contributed by atoms with E-state index in [-0.39, 0.29) is 5.88 Å². The third-order valence-electron chi connectivity index (χ3n) is 2.27. The third kappa shape index (κ3) is 2.31. The molecule has 2 aromatic rings. The maximum absolute atomic E-state index is 9.37. The van der Waals surface area contributed by atoms with Gasteiger partial charge in [-0.05, 0) is 12.1 Å². The number of fused-ring (bicyclic) bond motifs is 1. The van der Waals surface area contributed by atoms with Gasteiger partial charge in [0.15, 0.2) is 0 Å². The van der Waals surface area contributed by atoms with E-state index in [0.29, 0.717) is 6.54 Å². The second-order valence-corrected chi connectivity index (χ2v) is 4.61. The molecule has 0 fully saturated rings. The van der Waals surface area contributed by atoms with Gasteiger partial charge >= 0.3 is 0 Å². The van der Waals surface area contributed by atoms with Crippen LogP contribution in [0.5, 0.6) is 0 Å². The Labute approximate surface area is 106 Å². The molecule has 1 aromatic heterocycles. The van der Waals surface area contributed by atoms with E-state index in [4.69, 9.17) is 11.6 Å². The van der Waals surface area contributed by atoms with Crippen LogP contribution in [0.4, 0.5) is 5.69 Å². The van der Waals surface area contributed by atoms with Gasteiger partial charge in [0.25, 0.3) is 0 Å². The number of nitrogens with zero attached hydrogens (tertiary/aromatic N) is 1. The summed E-state index contributed by atoms with van der Waals surface area (Å²) in [4.78, 5) is 0. The molecule has 0 saturated carbocycles. The number of rotatable bonds is 4. The van der Waals surface area contributed by atoms with E-state index in [1.54, 1.807) is 6.20 Å². The van der Waals surface area contributed by atoms with Crippen LogP contribution >= 0.6 is 27.5 Å². The number of benzene rings is 1. The van der Waals surface area contributed by atoms with Gasteiger partial charge in [-0.3, -0.25) is 5.10 Å². The van der Waals surface area contributed by atoms with Crippen LogP contribution in [-0.2, 0) is 0 Å². The average molecular weight is 305 g/mol. The number of alkyl halides is 1. The highest BCUT2D eigenvalue weighted by Crippen LogP contribution is 2.28. The van der Waals surface area contributed by atoms with Gasteiger partial charge < -0.3 is 10.4 Å². The van der Waals surface area contributed by atoms with Gasteiger partial charge in [0.05, 0.1) is 29.4 Å². The molecule has 0 aliphatic rings. The Balaban J connectivity index is 2.24. The molecule has 3 N–H and O–H groups in total. The van der Waals surface area contributed by atoms with Gasteiger partial charge in [0.1, 0.15) is 0 Å². The maximum atomic E-state index is 9.37. The molecule has 0 amide bonds. The first-order valence-electron chi connectivity index (χ1n) is 4.82. The molecule has 2 rings (SSSR count). The van der Waals surface area contributed by atoms with Gasteiger partial charge in [-0.25, -0.2) is 0 Å². The largest absolute Gasteiger partial charge is 0.390 e. The zero-order valence-electron chi connectivity index (χ0n) is 8.37. The first kappa shape index (κ1) is 11.7. The van der Waals surface area contributed by atoms with Crippen molar-refractivity contribution in [3.05, 3.63) is 22.8 Å². The number of hydrogen-bond donors (Lipinski definition) is 3. The normalized spacial score (nSPS) is 12.9. The summed E-state index contributed by atoms with van der Waals surface area (Å²) in [6, 6.07) is 3.86. The fraction of sp³-hybridized carbons (Fsp3) is 0.300. The average Bonchev–Trinajstić information content (AvgIpc) is 2.77. The van der Waals surface area contributed by atoms with E-state index in [0.717, 1.165) is 21.1 Å². The van der Waals surface area contributed by atoms with E-state index < -0.39 is 6.10 Å². The second kappa shape index (κ2) is 5.03. The van der Waals surface area contributed by atoms with Crippen LogP contribution in [0.25, 0.3) is 10.9 Å². The van der Waals surface area contributed by atoms with Gasteiger partial charge in [0, 0.05) is 16.4 Å². The summed E-state index contributed by atoms with van der Waals surface area (Å²) < 4.78 is 0.986. The minimum atomic E-state index is -0.553. The fourth-order valence-corrected chi connectivity index (χ4v) is 1.97. The number of aromatic amines is 1. The van der Waals surface area contributed by atoms with E-state index in [1.165, 1.54) is 0 Å². The molecule has 0 spiro atoms. The van der Waals surface area contributed by atoms with Crippen LogP contribution in [0.3, 0.4) is 0 Å². The van der Waals surface area contributed by atoms with Crippen molar-refractivity contribution in [2.75, 3.05) is 17.7 Å². The van der Waals surface area contributed by atoms with Gasteiger partial charge in [-0.15, -0.1) is 11.6 Å². The summed E-state index contributed by atoms with van der Waals surface area (Å²) in [5.41, 5.74) is 1.82. The number of nitrogens with one attached hydrogen (secondary N) is 2. The van der Waals surface area contributed by atoms with Crippen LogP contribution in [0.1, 0.15) is 0 Å². The Kier molecular flexibility index (Phi) is 3.68. The number of hydrogen-bond acceptors (Lipinski definition) is 3. The van der Waals surface area contributed by atoms with Gasteiger partial charge in [0.2, 0.25) is 0 Å². The number of H-pyrrole nitrogens is 1. The summed E-state index contributed by atoms with van der Waals surface area (Å²) in [7, 11) is 0. The highest BCUT2D eigenvalue weighted by Gasteiger charge is 2.07. The Morgan fingerprint density at radius 3 is 3.12 bits per heavy atom. The van der Waals surface area contributed by atoms with E-state index >= 15 is 0 Å². The topological polar surface area (TPSA) is 60.9 Å². The minimum Gasteiger partial charge on any atom is -0.390 e. The van der Waals surface area contributed by atoms with Crippen molar-refractivity contribution in [3.63, 3.8) is 0 Å². The zero-order valence-corrected chi connectivity index (χ0v) is 10.7. The SMILES string of the molecule is OC(CCl)CNc1ccc(Br)c2cn[nH]c12. The van der Waals surface area contributed by atoms with Crippen molar-refractivity contribution in [2.45, 2.75) is 6.10 Å². The monoisotopic (exact) mass is 303 g/mol. The predicted octanol–water partition coefficient (Wildman–Crippen LogP) is 2.34. The summed E-state index contributed by atoms with van der Waals surface area (Å²) in [6.07, 6.45) is 1.20. The van der Waals surface area contributed by atoms with E-state index in [2.05, 4.69) is 31.4 Å². The van der Waals surface area contributed by atoms with Gasteiger partial charge in [-0.2, -0.15) is 5.10 Å². The maximum Gasteiger partial charge on any atom is 0.0893 e. The predicted molar refractivity (Wildman–Crippen MR) is 69.0 cm³/mol. The molecular formula is C10H11BrClN3O. The van der Waals surface area contributed by atoms with Crippen LogP contribution in [0, 0.1) is 0 Å². The standard InChI is InChI=1S/C10H11BrClN3O/c11-8-1-2-9(13-4-6(16)3-12)10-7(8)5-14-15-10/h1-2,5-6,13,16H,3-4H2,(H,14,15). The van der Waals surface area contributed by atoms with Gasteiger partial charge in [-0.1, -0.05) is 15.9 Å². The molecule has 1 aromatic carbocycles. The van der Waals surface area contributed by atoms with E-state index in [9.17, 15) is 5.11 Å². The number of halogens is 2. The molecule has 1 atom stereocenters. The van der Waals surface area contributed by atoms with Crippen LogP contribution in [-0.4, -0.2) is 33.8 Å². The lowest BCUT2D eigenvalue weighted by molar-refractivity contribution is 0.211. The lowest BCUT2D eigenvalue weighted by Gasteiger charge is -2.10. The van der Waals surface area contributed by atoms with Crippen LogP contribution in [0.15, 0.2) is 22.8 Å². The highest BCUT2D eigenvalue weighted by molar-refractivity contribution is 9.10. The number of anilines is 1. The molecule has 0 radical (unpaired) electrons. The van der Waals surface area contributed by atoms with Crippen LogP contribution < -0.4 is 5.32 Å². The molecule has 0 saturated heterocycles. The first-order valence-corrected chi connectivity index (χ1v) is 6.14. The molecule has 16 heavy (non-hydrogen) atoms. The zero-order chi connectivity index (χ0) is 11.5. The molecule has 1 heterocycles. The number of aliphatic hydroxyl groups excluding tert-OH is 1. The quantitative estimate of drug-likeness (QED) is 0.760. The lowest BCUT2D eigenvalue weighted by Crippen LogP contribution is -2.20. The van der Waals surface area contributed by atoms with E-state index in [1.807, 2.05) is 12.1 Å². The Hall–Kier alpha value is -0.780. The van der Waals surface area contributed by atoms with Crippen molar-refractivity contribution >= 4 is 44.1 Å². The molecule has 0 aliphatic carbocycles. The Bertz CT molecular complexity index is 488. The molecular weight excluding hydrogens is 293 g/mol. The van der Waals surface area contributed by atoms with Crippen LogP contribution in [0.2, 0.25) is 0 Å². The second-order valence-electron chi connectivity index (χ2n) is 3.44.